The molecule has 1 aliphatic rings. The van der Waals surface area contributed by atoms with Gasteiger partial charge in [0.05, 0.1) is 0 Å². The van der Waals surface area contributed by atoms with Gasteiger partial charge in [-0.3, -0.25) is 4.98 Å². The lowest BCUT2D eigenvalue weighted by molar-refractivity contribution is 0.182. The zero-order valence-corrected chi connectivity index (χ0v) is 14.9. The topological polar surface area (TPSA) is 45.2 Å². The van der Waals surface area contributed by atoms with E-state index in [2.05, 4.69) is 10.3 Å². The van der Waals surface area contributed by atoms with Gasteiger partial charge in [0.25, 0.3) is 0 Å². The second-order valence-electron chi connectivity index (χ2n) is 6.49. The highest BCUT2D eigenvalue weighted by atomic mass is 35.5. The number of benzene rings is 1. The maximum Gasteiger partial charge on any atom is 0.321 e. The molecule has 0 bridgehead atoms. The van der Waals surface area contributed by atoms with Crippen molar-refractivity contribution in [2.45, 2.75) is 26.2 Å². The number of piperidine rings is 1. The maximum absolute atomic E-state index is 13.9. The number of anilines is 1. The quantitative estimate of drug-likeness (QED) is 0.863. The van der Waals surface area contributed by atoms with E-state index in [4.69, 9.17) is 11.6 Å². The molecule has 2 amide bonds. The third-order valence-corrected chi connectivity index (χ3v) is 4.81. The molecule has 0 spiro atoms. The Labute approximate surface area is 152 Å². The molecule has 0 unspecified atom stereocenters. The Kier molecular flexibility index (Phi) is 5.53. The number of likely N-dealkylation sites (tertiary alicyclic amines) is 1. The van der Waals surface area contributed by atoms with E-state index in [-0.39, 0.29) is 11.8 Å². The second-order valence-corrected chi connectivity index (χ2v) is 6.92. The number of nitrogens with zero attached hydrogens (tertiary/aromatic N) is 2. The highest BCUT2D eigenvalue weighted by molar-refractivity contribution is 6.30. The Hall–Kier alpha value is -2.14. The van der Waals surface area contributed by atoms with Gasteiger partial charge in [-0.25, -0.2) is 9.18 Å². The Balaban J connectivity index is 1.52. The molecule has 1 aromatic heterocycles. The van der Waals surface area contributed by atoms with Gasteiger partial charge in [-0.1, -0.05) is 17.7 Å². The molecule has 6 heteroatoms. The molecule has 0 saturated carbocycles. The smallest absolute Gasteiger partial charge is 0.321 e. The van der Waals surface area contributed by atoms with Crippen LogP contribution in [-0.2, 0) is 6.42 Å². The van der Waals surface area contributed by atoms with Crippen molar-refractivity contribution in [1.29, 1.82) is 0 Å². The molecule has 25 heavy (non-hydrogen) atoms. The summed E-state index contributed by atoms with van der Waals surface area (Å²) in [6.07, 6.45) is 4.09. The van der Waals surface area contributed by atoms with Crippen molar-refractivity contribution in [2.24, 2.45) is 5.92 Å². The van der Waals surface area contributed by atoms with E-state index >= 15 is 0 Å². The van der Waals surface area contributed by atoms with Crippen LogP contribution in [-0.4, -0.2) is 29.0 Å². The van der Waals surface area contributed by atoms with Gasteiger partial charge in [-0.05, 0) is 61.9 Å². The number of hydrogen-bond acceptors (Lipinski definition) is 2. The van der Waals surface area contributed by atoms with E-state index in [0.29, 0.717) is 36.0 Å². The molecule has 0 atom stereocenters. The first kappa shape index (κ1) is 17.7. The number of halogens is 2. The van der Waals surface area contributed by atoms with Crippen LogP contribution in [0.3, 0.4) is 0 Å². The van der Waals surface area contributed by atoms with Crippen molar-refractivity contribution >= 4 is 23.3 Å². The molecular weight excluding hydrogens is 341 g/mol. The third-order valence-electron chi connectivity index (χ3n) is 4.57. The summed E-state index contributed by atoms with van der Waals surface area (Å²) < 4.78 is 13.9. The lowest BCUT2D eigenvalue weighted by Crippen LogP contribution is -2.41. The fourth-order valence-electron chi connectivity index (χ4n) is 3.16. The Morgan fingerprint density at radius 1 is 1.32 bits per heavy atom. The Morgan fingerprint density at radius 2 is 2.08 bits per heavy atom. The number of nitrogens with one attached hydrogen (secondary N) is 1. The van der Waals surface area contributed by atoms with Gasteiger partial charge < -0.3 is 10.2 Å². The number of carbonyl (C=O) groups excluding carboxylic acids is 1. The molecule has 4 nitrogen and oxygen atoms in total. The predicted molar refractivity (Wildman–Crippen MR) is 97.4 cm³/mol. The van der Waals surface area contributed by atoms with Crippen LogP contribution in [0.4, 0.5) is 14.9 Å². The Bertz CT molecular complexity index is 760. The van der Waals surface area contributed by atoms with E-state index in [0.717, 1.165) is 24.2 Å². The van der Waals surface area contributed by atoms with Gasteiger partial charge in [0.1, 0.15) is 5.82 Å². The number of rotatable bonds is 3. The maximum atomic E-state index is 13.9. The molecule has 1 aliphatic heterocycles. The number of aromatic nitrogens is 1. The third kappa shape index (κ3) is 4.69. The summed E-state index contributed by atoms with van der Waals surface area (Å²) in [5.41, 5.74) is 2.31. The minimum Gasteiger partial charge on any atom is -0.325 e. The number of aryl methyl sites for hydroxylation is 1. The first-order valence-corrected chi connectivity index (χ1v) is 8.81. The number of pyridine rings is 1. The van der Waals surface area contributed by atoms with Crippen LogP contribution in [0.5, 0.6) is 0 Å². The largest absolute Gasteiger partial charge is 0.325 e. The van der Waals surface area contributed by atoms with Crippen LogP contribution in [0.25, 0.3) is 0 Å². The fraction of sp³-hybridized carbons (Fsp3) is 0.368. The predicted octanol–water partition coefficient (Wildman–Crippen LogP) is 4.67. The number of carbonyl (C=O) groups is 1. The van der Waals surface area contributed by atoms with Gasteiger partial charge in [0.15, 0.2) is 0 Å². The minimum atomic E-state index is -0.249. The standard InChI is InChI=1S/C19H21ClFN3O/c1-13-10-17(4-7-22-13)23-19(25)24-8-5-14(6-9-24)11-15-2-3-16(20)12-18(15)21/h2-4,7,10,12,14H,5-6,8-9,11H2,1H3,(H,22,23,25). The van der Waals surface area contributed by atoms with Crippen LogP contribution in [0, 0.1) is 18.7 Å². The normalized spacial score (nSPS) is 15.2. The average molecular weight is 362 g/mol. The molecule has 1 fully saturated rings. The lowest BCUT2D eigenvalue weighted by Gasteiger charge is -2.32. The van der Waals surface area contributed by atoms with E-state index in [1.165, 1.54) is 6.07 Å². The minimum absolute atomic E-state index is 0.0956. The van der Waals surface area contributed by atoms with Crippen LogP contribution in [0.15, 0.2) is 36.5 Å². The molecule has 0 radical (unpaired) electrons. The molecule has 0 aliphatic carbocycles. The molecule has 3 rings (SSSR count). The summed E-state index contributed by atoms with van der Waals surface area (Å²) in [7, 11) is 0. The summed E-state index contributed by atoms with van der Waals surface area (Å²) in [5.74, 6) is 0.128. The summed E-state index contributed by atoms with van der Waals surface area (Å²) >= 11 is 5.79. The number of hydrogen-bond donors (Lipinski definition) is 1. The summed E-state index contributed by atoms with van der Waals surface area (Å²) in [5, 5.41) is 3.32. The van der Waals surface area contributed by atoms with Crippen molar-refractivity contribution in [2.75, 3.05) is 18.4 Å². The van der Waals surface area contributed by atoms with Crippen molar-refractivity contribution in [3.8, 4) is 0 Å². The highest BCUT2D eigenvalue weighted by Crippen LogP contribution is 2.25. The Morgan fingerprint density at radius 3 is 2.76 bits per heavy atom. The van der Waals surface area contributed by atoms with E-state index in [1.54, 1.807) is 24.4 Å². The molecule has 1 N–H and O–H groups in total. The van der Waals surface area contributed by atoms with Crippen LogP contribution < -0.4 is 5.32 Å². The van der Waals surface area contributed by atoms with Gasteiger partial charge in [0.2, 0.25) is 0 Å². The summed E-state index contributed by atoms with van der Waals surface area (Å²) in [4.78, 5) is 18.3. The first-order valence-electron chi connectivity index (χ1n) is 8.44. The first-order chi connectivity index (χ1) is 12.0. The van der Waals surface area contributed by atoms with E-state index < -0.39 is 0 Å². The SMILES string of the molecule is Cc1cc(NC(=O)N2CCC(Cc3ccc(Cl)cc3F)CC2)ccn1. The van der Waals surface area contributed by atoms with Gasteiger partial charge in [0, 0.05) is 35.7 Å². The van der Waals surface area contributed by atoms with Gasteiger partial charge in [-0.2, -0.15) is 0 Å². The van der Waals surface area contributed by atoms with Crippen LogP contribution >= 0.6 is 11.6 Å². The second kappa shape index (κ2) is 7.83. The molecule has 132 valence electrons. The summed E-state index contributed by atoms with van der Waals surface area (Å²) in [6, 6.07) is 8.36. The van der Waals surface area contributed by atoms with Crippen LogP contribution in [0.2, 0.25) is 5.02 Å². The lowest BCUT2D eigenvalue weighted by atomic mass is 9.90. The van der Waals surface area contributed by atoms with Crippen molar-refractivity contribution < 1.29 is 9.18 Å². The fourth-order valence-corrected chi connectivity index (χ4v) is 3.32. The zero-order valence-electron chi connectivity index (χ0n) is 14.1. The van der Waals surface area contributed by atoms with Crippen molar-refractivity contribution in [3.63, 3.8) is 0 Å². The van der Waals surface area contributed by atoms with Gasteiger partial charge in [-0.15, -0.1) is 0 Å². The number of urea groups is 1. The van der Waals surface area contributed by atoms with Crippen molar-refractivity contribution in [3.05, 3.63) is 58.6 Å². The molecular formula is C19H21ClFN3O. The monoisotopic (exact) mass is 361 g/mol. The van der Waals surface area contributed by atoms with Crippen molar-refractivity contribution in [1.82, 2.24) is 9.88 Å². The molecule has 2 heterocycles. The molecule has 1 aromatic carbocycles. The van der Waals surface area contributed by atoms with E-state index in [9.17, 15) is 9.18 Å². The summed E-state index contributed by atoms with van der Waals surface area (Å²) in [6.45, 7) is 3.24. The van der Waals surface area contributed by atoms with Gasteiger partial charge >= 0.3 is 6.03 Å². The zero-order chi connectivity index (χ0) is 17.8. The van der Waals surface area contributed by atoms with Crippen LogP contribution in [0.1, 0.15) is 24.1 Å². The molecule has 1 saturated heterocycles. The average Bonchev–Trinajstić information content (AvgIpc) is 2.58. The van der Waals surface area contributed by atoms with E-state index in [1.807, 2.05) is 17.9 Å². The molecule has 2 aromatic rings. The highest BCUT2D eigenvalue weighted by Gasteiger charge is 2.23. The number of amides is 2.